The zero-order valence-corrected chi connectivity index (χ0v) is 9.35. The van der Waals surface area contributed by atoms with Crippen LogP contribution in [0, 0.1) is 6.92 Å². The fourth-order valence-electron chi connectivity index (χ4n) is 1.81. The maximum absolute atomic E-state index is 9.38. The average Bonchev–Trinajstić information content (AvgIpc) is 2.16. The van der Waals surface area contributed by atoms with Crippen LogP contribution in [0.2, 0.25) is 0 Å². The molecule has 2 atom stereocenters. The maximum atomic E-state index is 9.38. The number of hydrogen-bond donors (Lipinski definition) is 2. The van der Waals surface area contributed by atoms with Crippen LogP contribution in [0.1, 0.15) is 36.9 Å². The smallest absolute Gasteiger partial charge is 0.0518 e. The van der Waals surface area contributed by atoms with Gasteiger partial charge in [0.2, 0.25) is 0 Å². The lowest BCUT2D eigenvalue weighted by atomic mass is 9.91. The van der Waals surface area contributed by atoms with Gasteiger partial charge in [0.1, 0.15) is 0 Å². The predicted molar refractivity (Wildman–Crippen MR) is 59.7 cm³/mol. The van der Waals surface area contributed by atoms with Gasteiger partial charge in [0.05, 0.1) is 6.10 Å². The van der Waals surface area contributed by atoms with E-state index in [0.717, 1.165) is 11.3 Å². The minimum atomic E-state index is -0.338. The van der Waals surface area contributed by atoms with Crippen molar-refractivity contribution in [2.75, 3.05) is 6.61 Å². The Morgan fingerprint density at radius 1 is 1.47 bits per heavy atom. The molecular formula is C12H19NO2. The number of aliphatic hydroxyl groups is 2. The molecule has 0 unspecified atom stereocenters. The van der Waals surface area contributed by atoms with Gasteiger partial charge < -0.3 is 10.2 Å². The molecule has 84 valence electrons. The Hall–Kier alpha value is -0.930. The van der Waals surface area contributed by atoms with Crippen molar-refractivity contribution in [2.24, 2.45) is 0 Å². The lowest BCUT2D eigenvalue weighted by Crippen LogP contribution is -2.10. The van der Waals surface area contributed by atoms with Crippen LogP contribution in [0.25, 0.3) is 0 Å². The van der Waals surface area contributed by atoms with Gasteiger partial charge in [-0.25, -0.2) is 0 Å². The van der Waals surface area contributed by atoms with E-state index in [2.05, 4.69) is 4.98 Å². The molecular weight excluding hydrogens is 190 g/mol. The van der Waals surface area contributed by atoms with Crippen molar-refractivity contribution >= 4 is 0 Å². The first-order valence-corrected chi connectivity index (χ1v) is 5.35. The summed E-state index contributed by atoms with van der Waals surface area (Å²) in [5.74, 6) is 0.219. The third-order valence-corrected chi connectivity index (χ3v) is 2.50. The van der Waals surface area contributed by atoms with E-state index in [-0.39, 0.29) is 18.6 Å². The topological polar surface area (TPSA) is 53.4 Å². The first-order chi connectivity index (χ1) is 7.13. The summed E-state index contributed by atoms with van der Waals surface area (Å²) in [6.07, 6.45) is 2.81. The summed E-state index contributed by atoms with van der Waals surface area (Å²) in [6, 6.07) is 3.97. The summed E-state index contributed by atoms with van der Waals surface area (Å²) in [5.41, 5.74) is 2.12. The standard InChI is InChI=1S/C12H19NO2/c1-9-7-11(3-5-13-9)12(4-6-14)8-10(2)15/h3,5,7,10,12,14-15H,4,6,8H2,1-2H3/t10-,12-/m1/s1. The number of aryl methyl sites for hydroxylation is 1. The predicted octanol–water partition coefficient (Wildman–Crippen LogP) is 1.63. The molecule has 1 rings (SSSR count). The molecule has 0 aromatic carbocycles. The van der Waals surface area contributed by atoms with E-state index in [4.69, 9.17) is 5.11 Å². The largest absolute Gasteiger partial charge is 0.396 e. The Bertz CT molecular complexity index is 299. The van der Waals surface area contributed by atoms with E-state index in [9.17, 15) is 5.11 Å². The molecule has 3 heteroatoms. The van der Waals surface area contributed by atoms with Crippen molar-refractivity contribution in [1.82, 2.24) is 4.98 Å². The zero-order chi connectivity index (χ0) is 11.3. The number of aliphatic hydroxyl groups excluding tert-OH is 2. The van der Waals surface area contributed by atoms with Crippen molar-refractivity contribution in [3.63, 3.8) is 0 Å². The van der Waals surface area contributed by atoms with Crippen LogP contribution < -0.4 is 0 Å². The summed E-state index contributed by atoms with van der Waals surface area (Å²) in [7, 11) is 0. The van der Waals surface area contributed by atoms with Crippen LogP contribution in [0.3, 0.4) is 0 Å². The van der Waals surface area contributed by atoms with Crippen LogP contribution in [-0.2, 0) is 0 Å². The van der Waals surface area contributed by atoms with Crippen LogP contribution in [0.15, 0.2) is 18.3 Å². The molecule has 0 spiro atoms. The monoisotopic (exact) mass is 209 g/mol. The molecule has 0 saturated heterocycles. The highest BCUT2D eigenvalue weighted by Gasteiger charge is 2.13. The highest BCUT2D eigenvalue weighted by molar-refractivity contribution is 5.20. The minimum absolute atomic E-state index is 0.152. The molecule has 15 heavy (non-hydrogen) atoms. The summed E-state index contributed by atoms with van der Waals surface area (Å²) in [5, 5.41) is 18.4. The van der Waals surface area contributed by atoms with Gasteiger partial charge >= 0.3 is 0 Å². The Balaban J connectivity index is 2.78. The quantitative estimate of drug-likeness (QED) is 0.775. The van der Waals surface area contributed by atoms with Crippen LogP contribution >= 0.6 is 0 Å². The lowest BCUT2D eigenvalue weighted by Gasteiger charge is -2.18. The van der Waals surface area contributed by atoms with Crippen molar-refractivity contribution < 1.29 is 10.2 Å². The number of nitrogens with zero attached hydrogens (tertiary/aromatic N) is 1. The maximum Gasteiger partial charge on any atom is 0.0518 e. The van der Waals surface area contributed by atoms with E-state index in [0.29, 0.717) is 12.8 Å². The molecule has 1 heterocycles. The Morgan fingerprint density at radius 2 is 2.20 bits per heavy atom. The second-order valence-corrected chi connectivity index (χ2v) is 4.02. The van der Waals surface area contributed by atoms with Gasteiger partial charge in [-0.2, -0.15) is 0 Å². The Morgan fingerprint density at radius 3 is 2.73 bits per heavy atom. The zero-order valence-electron chi connectivity index (χ0n) is 9.35. The van der Waals surface area contributed by atoms with Crippen LogP contribution in [0.4, 0.5) is 0 Å². The van der Waals surface area contributed by atoms with E-state index in [1.54, 1.807) is 13.1 Å². The van der Waals surface area contributed by atoms with Crippen molar-refractivity contribution in [3.8, 4) is 0 Å². The third kappa shape index (κ3) is 3.98. The van der Waals surface area contributed by atoms with Crippen molar-refractivity contribution in [3.05, 3.63) is 29.6 Å². The van der Waals surface area contributed by atoms with E-state index in [1.807, 2.05) is 19.1 Å². The molecule has 1 aromatic rings. The molecule has 1 aromatic heterocycles. The molecule has 0 aliphatic carbocycles. The number of pyridine rings is 1. The molecule has 0 fully saturated rings. The summed E-state index contributed by atoms with van der Waals surface area (Å²) < 4.78 is 0. The number of rotatable bonds is 5. The number of hydrogen-bond acceptors (Lipinski definition) is 3. The van der Waals surface area contributed by atoms with Gasteiger partial charge in [-0.3, -0.25) is 4.98 Å². The normalized spacial score (nSPS) is 14.9. The second-order valence-electron chi connectivity index (χ2n) is 4.02. The van der Waals surface area contributed by atoms with Gasteiger partial charge in [-0.1, -0.05) is 0 Å². The lowest BCUT2D eigenvalue weighted by molar-refractivity contribution is 0.165. The van der Waals surface area contributed by atoms with Crippen molar-refractivity contribution in [1.29, 1.82) is 0 Å². The third-order valence-electron chi connectivity index (χ3n) is 2.50. The van der Waals surface area contributed by atoms with E-state index < -0.39 is 0 Å². The fraction of sp³-hybridized carbons (Fsp3) is 0.583. The van der Waals surface area contributed by atoms with Gasteiger partial charge in [0.25, 0.3) is 0 Å². The average molecular weight is 209 g/mol. The first-order valence-electron chi connectivity index (χ1n) is 5.35. The summed E-state index contributed by atoms with van der Waals surface area (Å²) in [4.78, 5) is 4.14. The van der Waals surface area contributed by atoms with E-state index >= 15 is 0 Å². The summed E-state index contributed by atoms with van der Waals surface area (Å²) >= 11 is 0. The first kappa shape index (κ1) is 12.1. The molecule has 0 aliphatic rings. The van der Waals surface area contributed by atoms with Gasteiger partial charge in [-0.15, -0.1) is 0 Å². The molecule has 0 saturated carbocycles. The van der Waals surface area contributed by atoms with Gasteiger partial charge in [0, 0.05) is 18.5 Å². The molecule has 2 N–H and O–H groups in total. The molecule has 0 radical (unpaired) electrons. The molecule has 0 aliphatic heterocycles. The SMILES string of the molecule is Cc1cc([C@H](CCO)C[C@@H](C)O)ccn1. The molecule has 3 nitrogen and oxygen atoms in total. The van der Waals surface area contributed by atoms with Crippen LogP contribution in [0.5, 0.6) is 0 Å². The minimum Gasteiger partial charge on any atom is -0.396 e. The van der Waals surface area contributed by atoms with Crippen molar-refractivity contribution in [2.45, 2.75) is 38.7 Å². The van der Waals surface area contributed by atoms with Gasteiger partial charge in [0.15, 0.2) is 0 Å². The van der Waals surface area contributed by atoms with Crippen LogP contribution in [-0.4, -0.2) is 27.9 Å². The molecule has 0 bridgehead atoms. The summed E-state index contributed by atoms with van der Waals surface area (Å²) in [6.45, 7) is 3.87. The second kappa shape index (κ2) is 5.83. The Labute approximate surface area is 90.8 Å². The van der Waals surface area contributed by atoms with Gasteiger partial charge in [-0.05, 0) is 50.3 Å². The molecule has 0 amide bonds. The fourth-order valence-corrected chi connectivity index (χ4v) is 1.81. The number of aromatic nitrogens is 1. The highest BCUT2D eigenvalue weighted by Crippen LogP contribution is 2.24. The Kier molecular flexibility index (Phi) is 4.72. The van der Waals surface area contributed by atoms with E-state index in [1.165, 1.54) is 0 Å². The highest BCUT2D eigenvalue weighted by atomic mass is 16.3.